The van der Waals surface area contributed by atoms with E-state index in [4.69, 9.17) is 5.11 Å². The highest BCUT2D eigenvalue weighted by Crippen LogP contribution is 2.25. The molecule has 0 radical (unpaired) electrons. The van der Waals surface area contributed by atoms with Crippen LogP contribution in [0.4, 0.5) is 0 Å². The third kappa shape index (κ3) is 9.50. The second-order valence-electron chi connectivity index (χ2n) is 6.24. The summed E-state index contributed by atoms with van der Waals surface area (Å²) in [5, 5.41) is 36.4. The van der Waals surface area contributed by atoms with Crippen molar-refractivity contribution in [3.05, 3.63) is 0 Å². The number of aliphatic hydroxyl groups excluding tert-OH is 1. The molecule has 24 heavy (non-hydrogen) atoms. The van der Waals surface area contributed by atoms with Crippen LogP contribution in [0.5, 0.6) is 0 Å². The molecule has 0 aromatic rings. The van der Waals surface area contributed by atoms with Crippen LogP contribution < -0.4 is 0 Å². The van der Waals surface area contributed by atoms with Gasteiger partial charge in [-0.1, -0.05) is 58.3 Å². The van der Waals surface area contributed by atoms with Gasteiger partial charge in [-0.3, -0.25) is 9.59 Å². The van der Waals surface area contributed by atoms with Crippen LogP contribution in [-0.4, -0.2) is 44.4 Å². The van der Waals surface area contributed by atoms with E-state index >= 15 is 0 Å². The van der Waals surface area contributed by atoms with Crippen LogP contribution in [0.1, 0.15) is 71.1 Å². The third-order valence-corrected chi connectivity index (χ3v) is 4.25. The Kier molecular flexibility index (Phi) is 11.9. The van der Waals surface area contributed by atoms with Gasteiger partial charge in [0.05, 0.1) is 11.8 Å². The summed E-state index contributed by atoms with van der Waals surface area (Å²) in [5.41, 5.74) is 0. The normalized spacial score (nSPS) is 14.8. The largest absolute Gasteiger partial charge is 0.481 e. The van der Waals surface area contributed by atoms with Gasteiger partial charge >= 0.3 is 17.9 Å². The molecule has 3 unspecified atom stereocenters. The van der Waals surface area contributed by atoms with E-state index in [1.807, 2.05) is 0 Å². The Bertz CT molecular complexity index is 394. The molecule has 0 aliphatic carbocycles. The molecule has 0 aromatic carbocycles. The smallest absolute Gasteiger partial charge is 0.332 e. The van der Waals surface area contributed by atoms with Crippen LogP contribution >= 0.6 is 0 Å². The molecule has 0 fully saturated rings. The second-order valence-corrected chi connectivity index (χ2v) is 6.24. The van der Waals surface area contributed by atoms with Crippen molar-refractivity contribution in [3.8, 4) is 0 Å². The van der Waals surface area contributed by atoms with Crippen molar-refractivity contribution in [2.75, 3.05) is 0 Å². The van der Waals surface area contributed by atoms with Crippen molar-refractivity contribution in [2.24, 2.45) is 11.8 Å². The van der Waals surface area contributed by atoms with Gasteiger partial charge in [0.1, 0.15) is 0 Å². The molecule has 7 heteroatoms. The summed E-state index contributed by atoms with van der Waals surface area (Å²) in [7, 11) is 0. The van der Waals surface area contributed by atoms with E-state index in [9.17, 15) is 29.7 Å². The zero-order chi connectivity index (χ0) is 18.5. The average molecular weight is 346 g/mol. The SMILES string of the molecule is CCCCCCCCCCC(C(=O)O)C(CC(O)C(=O)O)C(=O)O. The molecule has 140 valence electrons. The minimum atomic E-state index is -1.87. The van der Waals surface area contributed by atoms with Gasteiger partial charge in [0.25, 0.3) is 0 Å². The highest BCUT2D eigenvalue weighted by molar-refractivity contribution is 5.81. The number of aliphatic carboxylic acids is 3. The molecule has 0 aliphatic rings. The Balaban J connectivity index is 4.36. The maximum absolute atomic E-state index is 11.3. The van der Waals surface area contributed by atoms with E-state index in [1.54, 1.807) is 0 Å². The Hall–Kier alpha value is -1.63. The van der Waals surface area contributed by atoms with Crippen molar-refractivity contribution in [3.63, 3.8) is 0 Å². The van der Waals surface area contributed by atoms with Gasteiger partial charge < -0.3 is 20.4 Å². The maximum atomic E-state index is 11.3. The lowest BCUT2D eigenvalue weighted by atomic mass is 9.83. The van der Waals surface area contributed by atoms with E-state index in [1.165, 1.54) is 19.3 Å². The summed E-state index contributed by atoms with van der Waals surface area (Å²) in [6.45, 7) is 2.15. The second kappa shape index (κ2) is 12.8. The predicted molar refractivity (Wildman–Crippen MR) is 87.7 cm³/mol. The summed E-state index contributed by atoms with van der Waals surface area (Å²) in [4.78, 5) is 33.3. The summed E-state index contributed by atoms with van der Waals surface area (Å²) in [6.07, 6.45) is 5.91. The summed E-state index contributed by atoms with van der Waals surface area (Å²) in [6, 6.07) is 0. The number of carboxylic acid groups (broad SMARTS) is 3. The highest BCUT2D eigenvalue weighted by atomic mass is 16.4. The summed E-state index contributed by atoms with van der Waals surface area (Å²) < 4.78 is 0. The number of aliphatic hydroxyl groups is 1. The fraction of sp³-hybridized carbons (Fsp3) is 0.824. The van der Waals surface area contributed by atoms with Gasteiger partial charge in [0, 0.05) is 0 Å². The molecule has 3 atom stereocenters. The Morgan fingerprint density at radius 3 is 1.58 bits per heavy atom. The molecule has 0 bridgehead atoms. The molecule has 4 N–H and O–H groups in total. The molecular weight excluding hydrogens is 316 g/mol. The van der Waals surface area contributed by atoms with Gasteiger partial charge in [-0.15, -0.1) is 0 Å². The van der Waals surface area contributed by atoms with Crippen molar-refractivity contribution in [2.45, 2.75) is 77.2 Å². The molecule has 7 nitrogen and oxygen atoms in total. The fourth-order valence-corrected chi connectivity index (χ4v) is 2.77. The quantitative estimate of drug-likeness (QED) is 0.335. The topological polar surface area (TPSA) is 132 Å². The first-order valence-electron chi connectivity index (χ1n) is 8.67. The van der Waals surface area contributed by atoms with Gasteiger partial charge in [-0.25, -0.2) is 4.79 Å². The predicted octanol–water partition coefficient (Wildman–Crippen LogP) is 2.75. The van der Waals surface area contributed by atoms with E-state index in [0.29, 0.717) is 6.42 Å². The number of unbranched alkanes of at least 4 members (excludes halogenated alkanes) is 7. The van der Waals surface area contributed by atoms with Crippen molar-refractivity contribution < 1.29 is 34.8 Å². The first kappa shape index (κ1) is 22.4. The van der Waals surface area contributed by atoms with Gasteiger partial charge in [-0.2, -0.15) is 0 Å². The molecule has 0 saturated heterocycles. The van der Waals surface area contributed by atoms with Crippen LogP contribution in [0.15, 0.2) is 0 Å². The molecule has 0 aromatic heterocycles. The lowest BCUT2D eigenvalue weighted by Gasteiger charge is -2.21. The number of carbonyl (C=O) groups is 3. The van der Waals surface area contributed by atoms with E-state index in [0.717, 1.165) is 25.7 Å². The Morgan fingerprint density at radius 2 is 1.17 bits per heavy atom. The lowest BCUT2D eigenvalue weighted by Crippen LogP contribution is -2.35. The average Bonchev–Trinajstić information content (AvgIpc) is 2.50. The molecule has 0 spiro atoms. The van der Waals surface area contributed by atoms with Crippen LogP contribution in [0.25, 0.3) is 0 Å². The van der Waals surface area contributed by atoms with Crippen molar-refractivity contribution >= 4 is 17.9 Å². The van der Waals surface area contributed by atoms with Crippen molar-refractivity contribution in [1.82, 2.24) is 0 Å². The first-order valence-corrected chi connectivity index (χ1v) is 8.67. The van der Waals surface area contributed by atoms with E-state index < -0.39 is 42.3 Å². The monoisotopic (exact) mass is 346 g/mol. The standard InChI is InChI=1S/C17H30O7/c1-2-3-4-5-6-7-8-9-10-12(15(19)20)13(16(21)22)11-14(18)17(23)24/h12-14,18H,2-11H2,1H3,(H,19,20)(H,21,22)(H,23,24). The molecule has 0 aliphatic heterocycles. The number of hydrogen-bond acceptors (Lipinski definition) is 4. The van der Waals surface area contributed by atoms with Gasteiger partial charge in [0.15, 0.2) is 6.10 Å². The Labute approximate surface area is 142 Å². The Morgan fingerprint density at radius 1 is 0.708 bits per heavy atom. The summed E-state index contributed by atoms with van der Waals surface area (Å²) >= 11 is 0. The number of carboxylic acids is 3. The minimum Gasteiger partial charge on any atom is -0.481 e. The zero-order valence-corrected chi connectivity index (χ0v) is 14.3. The molecular formula is C17H30O7. The van der Waals surface area contributed by atoms with Crippen LogP contribution in [0.2, 0.25) is 0 Å². The van der Waals surface area contributed by atoms with Crippen LogP contribution in [0, 0.1) is 11.8 Å². The third-order valence-electron chi connectivity index (χ3n) is 4.25. The lowest BCUT2D eigenvalue weighted by molar-refractivity contribution is -0.158. The van der Waals surface area contributed by atoms with Crippen molar-refractivity contribution in [1.29, 1.82) is 0 Å². The van der Waals surface area contributed by atoms with E-state index in [2.05, 4.69) is 6.92 Å². The maximum Gasteiger partial charge on any atom is 0.332 e. The molecule has 0 heterocycles. The zero-order valence-electron chi connectivity index (χ0n) is 14.3. The van der Waals surface area contributed by atoms with Crippen LogP contribution in [-0.2, 0) is 14.4 Å². The van der Waals surface area contributed by atoms with Gasteiger partial charge in [0.2, 0.25) is 0 Å². The fourth-order valence-electron chi connectivity index (χ4n) is 2.77. The number of rotatable bonds is 15. The molecule has 0 amide bonds. The highest BCUT2D eigenvalue weighted by Gasteiger charge is 2.36. The molecule has 0 rings (SSSR count). The first-order chi connectivity index (χ1) is 11.3. The van der Waals surface area contributed by atoms with E-state index in [-0.39, 0.29) is 6.42 Å². The van der Waals surface area contributed by atoms with Crippen LogP contribution in [0.3, 0.4) is 0 Å². The number of hydrogen-bond donors (Lipinski definition) is 4. The summed E-state index contributed by atoms with van der Waals surface area (Å²) in [5.74, 6) is -6.78. The molecule has 0 saturated carbocycles. The van der Waals surface area contributed by atoms with Gasteiger partial charge in [-0.05, 0) is 12.8 Å². The minimum absolute atomic E-state index is 0.174.